The molecule has 50 valence electrons. The summed E-state index contributed by atoms with van der Waals surface area (Å²) in [5.74, 6) is 0.831. The van der Waals surface area contributed by atoms with E-state index >= 15 is 0 Å². The third-order valence-electron chi connectivity index (χ3n) is 1.23. The number of hydrogen-bond donors (Lipinski definition) is 1. The molecule has 0 aromatic carbocycles. The van der Waals surface area contributed by atoms with Crippen molar-refractivity contribution in [2.75, 3.05) is 0 Å². The number of aliphatic hydroxyl groups is 1. The van der Waals surface area contributed by atoms with Crippen LogP contribution >= 0.6 is 0 Å². The van der Waals surface area contributed by atoms with Crippen molar-refractivity contribution in [3.05, 3.63) is 24.5 Å². The molecule has 1 atom stereocenters. The number of allylic oxidation sites excluding steroid dienone is 3. The molecule has 0 spiro atoms. The van der Waals surface area contributed by atoms with Gasteiger partial charge < -0.3 is 9.84 Å². The van der Waals surface area contributed by atoms with Crippen LogP contribution in [0.25, 0.3) is 0 Å². The van der Waals surface area contributed by atoms with Gasteiger partial charge in [0.25, 0.3) is 0 Å². The average Bonchev–Trinajstić information content (AvgIpc) is 2.17. The van der Waals surface area contributed by atoms with E-state index in [1.54, 1.807) is 12.2 Å². The van der Waals surface area contributed by atoms with Crippen molar-refractivity contribution < 1.29 is 9.84 Å². The second-order valence-corrected chi connectivity index (χ2v) is 1.98. The van der Waals surface area contributed by atoms with Crippen LogP contribution in [0.4, 0.5) is 0 Å². The van der Waals surface area contributed by atoms with Gasteiger partial charge >= 0.3 is 0 Å². The van der Waals surface area contributed by atoms with Crippen molar-refractivity contribution in [1.82, 2.24) is 0 Å². The van der Waals surface area contributed by atoms with Crippen LogP contribution in [0.3, 0.4) is 0 Å². The van der Waals surface area contributed by atoms with Crippen molar-refractivity contribution in [3.8, 4) is 0 Å². The second-order valence-electron chi connectivity index (χ2n) is 1.98. The van der Waals surface area contributed by atoms with Crippen LogP contribution in [0.15, 0.2) is 24.5 Å². The van der Waals surface area contributed by atoms with Gasteiger partial charge in [-0.1, -0.05) is 12.7 Å². The molecule has 2 heteroatoms. The first-order valence-electron chi connectivity index (χ1n) is 2.99. The first kappa shape index (κ1) is 6.36. The molecule has 1 heterocycles. The largest absolute Gasteiger partial charge is 0.469 e. The van der Waals surface area contributed by atoms with E-state index in [0.717, 1.165) is 12.2 Å². The highest BCUT2D eigenvalue weighted by Crippen LogP contribution is 2.20. The van der Waals surface area contributed by atoms with E-state index in [0.29, 0.717) is 6.42 Å². The molecule has 0 aromatic rings. The van der Waals surface area contributed by atoms with Crippen LogP contribution in [-0.4, -0.2) is 11.4 Å². The molecule has 1 aliphatic rings. The van der Waals surface area contributed by atoms with Crippen molar-refractivity contribution in [3.63, 3.8) is 0 Å². The summed E-state index contributed by atoms with van der Waals surface area (Å²) in [4.78, 5) is 0. The molecule has 0 amide bonds. The quantitative estimate of drug-likeness (QED) is 0.571. The van der Waals surface area contributed by atoms with Crippen LogP contribution in [0, 0.1) is 0 Å². The van der Waals surface area contributed by atoms with E-state index in [4.69, 9.17) is 9.84 Å². The number of aliphatic hydroxyl groups excluding tert-OH is 1. The van der Waals surface area contributed by atoms with Gasteiger partial charge in [-0.2, -0.15) is 0 Å². The van der Waals surface area contributed by atoms with Crippen molar-refractivity contribution in [2.24, 2.45) is 0 Å². The molecule has 1 unspecified atom stereocenters. The Morgan fingerprint density at radius 3 is 3.00 bits per heavy atom. The van der Waals surface area contributed by atoms with Gasteiger partial charge in [-0.05, 0) is 6.08 Å². The van der Waals surface area contributed by atoms with Gasteiger partial charge in [-0.15, -0.1) is 0 Å². The summed E-state index contributed by atoms with van der Waals surface area (Å²) in [5.41, 5.74) is 0. The smallest absolute Gasteiger partial charge is 0.197 e. The van der Waals surface area contributed by atoms with Gasteiger partial charge in [0.05, 0.1) is 5.76 Å². The second kappa shape index (κ2) is 2.69. The fraction of sp³-hybridized carbons (Fsp3) is 0.429. The molecule has 0 aromatic heterocycles. The monoisotopic (exact) mass is 126 g/mol. The predicted octanol–water partition coefficient (Wildman–Crippen LogP) is 1.19. The Bertz CT molecular complexity index is 138. The topological polar surface area (TPSA) is 29.5 Å². The van der Waals surface area contributed by atoms with Gasteiger partial charge in [-0.3, -0.25) is 0 Å². The molecule has 0 radical (unpaired) electrons. The minimum Gasteiger partial charge on any atom is -0.469 e. The molecule has 2 nitrogen and oxygen atoms in total. The molecular formula is C7H10O2. The third-order valence-corrected chi connectivity index (χ3v) is 1.23. The van der Waals surface area contributed by atoms with Gasteiger partial charge in [0.15, 0.2) is 6.29 Å². The SMILES string of the molecule is C=C/C=C1/CCC(O)O1. The Labute approximate surface area is 54.5 Å². The minimum absolute atomic E-state index is 0.587. The fourth-order valence-electron chi connectivity index (χ4n) is 0.812. The molecular weight excluding hydrogens is 116 g/mol. The highest BCUT2D eigenvalue weighted by Gasteiger charge is 2.15. The maximum Gasteiger partial charge on any atom is 0.197 e. The zero-order valence-electron chi connectivity index (χ0n) is 5.21. The molecule has 1 saturated heterocycles. The summed E-state index contributed by atoms with van der Waals surface area (Å²) >= 11 is 0. The Kier molecular flexibility index (Phi) is 1.90. The lowest BCUT2D eigenvalue weighted by atomic mass is 10.3. The van der Waals surface area contributed by atoms with E-state index in [9.17, 15) is 0 Å². The highest BCUT2D eigenvalue weighted by atomic mass is 16.6. The molecule has 0 aliphatic carbocycles. The Morgan fingerprint density at radius 2 is 2.56 bits per heavy atom. The Morgan fingerprint density at radius 1 is 1.78 bits per heavy atom. The van der Waals surface area contributed by atoms with Gasteiger partial charge in [0.1, 0.15) is 0 Å². The lowest BCUT2D eigenvalue weighted by molar-refractivity contribution is -0.0351. The van der Waals surface area contributed by atoms with E-state index in [1.807, 2.05) is 0 Å². The van der Waals surface area contributed by atoms with Crippen LogP contribution in [0.5, 0.6) is 0 Å². The number of hydrogen-bond acceptors (Lipinski definition) is 2. The summed E-state index contributed by atoms with van der Waals surface area (Å²) in [6, 6.07) is 0. The summed E-state index contributed by atoms with van der Waals surface area (Å²) in [7, 11) is 0. The normalized spacial score (nSPS) is 30.3. The number of ether oxygens (including phenoxy) is 1. The third kappa shape index (κ3) is 1.57. The molecule has 1 rings (SSSR count). The lowest BCUT2D eigenvalue weighted by Gasteiger charge is -1.99. The molecule has 1 N–H and O–H groups in total. The summed E-state index contributed by atoms with van der Waals surface area (Å²) in [6.07, 6.45) is 4.38. The Hall–Kier alpha value is -0.760. The molecule has 0 saturated carbocycles. The van der Waals surface area contributed by atoms with Crippen LogP contribution in [0.1, 0.15) is 12.8 Å². The maximum absolute atomic E-state index is 8.83. The average molecular weight is 126 g/mol. The lowest BCUT2D eigenvalue weighted by Crippen LogP contribution is -1.99. The summed E-state index contributed by atoms with van der Waals surface area (Å²) in [5, 5.41) is 8.83. The van der Waals surface area contributed by atoms with Crippen LogP contribution in [0.2, 0.25) is 0 Å². The van der Waals surface area contributed by atoms with Crippen molar-refractivity contribution in [2.45, 2.75) is 19.1 Å². The Balaban J connectivity index is 2.47. The fourth-order valence-corrected chi connectivity index (χ4v) is 0.812. The highest BCUT2D eigenvalue weighted by molar-refractivity contribution is 5.06. The predicted molar refractivity (Wildman–Crippen MR) is 34.6 cm³/mol. The zero-order valence-corrected chi connectivity index (χ0v) is 5.21. The van der Waals surface area contributed by atoms with Gasteiger partial charge in [-0.25, -0.2) is 0 Å². The zero-order chi connectivity index (χ0) is 6.69. The standard InChI is InChI=1S/C7H10O2/c1-2-3-6-4-5-7(8)9-6/h2-3,7-8H,1,4-5H2/b6-3-. The first-order chi connectivity index (χ1) is 4.33. The summed E-state index contributed by atoms with van der Waals surface area (Å²) in [6.45, 7) is 3.51. The maximum atomic E-state index is 8.83. The van der Waals surface area contributed by atoms with Crippen LogP contribution < -0.4 is 0 Å². The van der Waals surface area contributed by atoms with Crippen molar-refractivity contribution in [1.29, 1.82) is 0 Å². The van der Waals surface area contributed by atoms with Gasteiger partial charge in [0, 0.05) is 12.8 Å². The van der Waals surface area contributed by atoms with E-state index in [1.165, 1.54) is 0 Å². The number of rotatable bonds is 1. The van der Waals surface area contributed by atoms with E-state index < -0.39 is 6.29 Å². The van der Waals surface area contributed by atoms with Crippen molar-refractivity contribution >= 4 is 0 Å². The molecule has 0 bridgehead atoms. The minimum atomic E-state index is -0.587. The summed E-state index contributed by atoms with van der Waals surface area (Å²) < 4.78 is 4.95. The van der Waals surface area contributed by atoms with Crippen LogP contribution in [-0.2, 0) is 4.74 Å². The first-order valence-corrected chi connectivity index (χ1v) is 2.99. The molecule has 9 heavy (non-hydrogen) atoms. The molecule has 1 fully saturated rings. The van der Waals surface area contributed by atoms with E-state index in [2.05, 4.69) is 6.58 Å². The van der Waals surface area contributed by atoms with Gasteiger partial charge in [0.2, 0.25) is 0 Å². The van der Waals surface area contributed by atoms with E-state index in [-0.39, 0.29) is 0 Å². The molecule has 1 aliphatic heterocycles.